The molecule has 4 heteroatoms. The predicted octanol–water partition coefficient (Wildman–Crippen LogP) is 1.08. The highest BCUT2D eigenvalue weighted by atomic mass is 35.5. The molecule has 0 aliphatic carbocycles. The monoisotopic (exact) mass is 170 g/mol. The largest absolute Gasteiger partial charge is 0.502 e. The molecule has 1 N–H and O–H groups in total. The van der Waals surface area contributed by atoms with Crippen LogP contribution in [-0.4, -0.2) is 7.11 Å². The fourth-order valence-corrected chi connectivity index (χ4v) is 0.940. The van der Waals surface area contributed by atoms with Crippen LogP contribution in [0.4, 0.5) is 5.69 Å². The molecule has 0 aliphatic rings. The average Bonchev–Trinajstić information content (AvgIpc) is 2.04. The maximum atomic E-state index is 8.59. The standard InChI is InChI=1S/C7H7ClN2O/c1-11-7-3-2-5(8)4-6(7)10-9/h2-4,10H,1H3. The molecule has 0 spiro atoms. The fourth-order valence-electron chi connectivity index (χ4n) is 0.768. The van der Waals surface area contributed by atoms with Gasteiger partial charge in [0.05, 0.1) is 7.11 Å². The topological polar surface area (TPSA) is 45.5 Å². The van der Waals surface area contributed by atoms with Gasteiger partial charge in [-0.25, -0.2) is 0 Å². The van der Waals surface area contributed by atoms with E-state index in [1.54, 1.807) is 18.2 Å². The first kappa shape index (κ1) is 8.01. The van der Waals surface area contributed by atoms with Gasteiger partial charge in [0.25, 0.3) is 0 Å². The van der Waals surface area contributed by atoms with E-state index in [2.05, 4.69) is 0 Å². The zero-order valence-corrected chi connectivity index (χ0v) is 6.72. The molecule has 0 saturated carbocycles. The summed E-state index contributed by atoms with van der Waals surface area (Å²) in [6, 6.07) is 4.92. The Balaban J connectivity index is 3.16. The van der Waals surface area contributed by atoms with Crippen LogP contribution in [0.1, 0.15) is 0 Å². The first-order valence-corrected chi connectivity index (χ1v) is 3.39. The van der Waals surface area contributed by atoms with Gasteiger partial charge >= 0.3 is 0 Å². The molecule has 1 aromatic rings. The molecule has 0 fully saturated rings. The van der Waals surface area contributed by atoms with Crippen LogP contribution in [0.15, 0.2) is 18.2 Å². The first-order valence-electron chi connectivity index (χ1n) is 3.01. The Bertz CT molecular complexity index is 275. The molecule has 3 nitrogen and oxygen atoms in total. The Morgan fingerprint density at radius 1 is 1.55 bits per heavy atom. The first-order chi connectivity index (χ1) is 5.27. The second-order valence-electron chi connectivity index (χ2n) is 1.96. The molecule has 0 aliphatic heterocycles. The van der Waals surface area contributed by atoms with E-state index in [4.69, 9.17) is 21.9 Å². The van der Waals surface area contributed by atoms with Gasteiger partial charge in [0.1, 0.15) is 0 Å². The number of methoxy groups -OCH3 is 1. The Hall–Kier alpha value is -1.09. The van der Waals surface area contributed by atoms with Crippen LogP contribution in [0.2, 0.25) is 5.02 Å². The third kappa shape index (κ3) is 1.68. The lowest BCUT2D eigenvalue weighted by Crippen LogP contribution is -2.54. The van der Waals surface area contributed by atoms with Crippen molar-refractivity contribution < 1.29 is 9.85 Å². The van der Waals surface area contributed by atoms with E-state index in [1.807, 2.05) is 5.11 Å². The van der Waals surface area contributed by atoms with Crippen LogP contribution in [0.25, 0.3) is 5.53 Å². The van der Waals surface area contributed by atoms with Gasteiger partial charge in [-0.05, 0) is 12.1 Å². The van der Waals surface area contributed by atoms with Crippen molar-refractivity contribution in [2.24, 2.45) is 0 Å². The maximum absolute atomic E-state index is 8.59. The second kappa shape index (κ2) is 3.34. The number of hydrogen-bond donors (Lipinski definition) is 1. The minimum atomic E-state index is 0.458. The second-order valence-corrected chi connectivity index (χ2v) is 2.39. The third-order valence-corrected chi connectivity index (χ3v) is 1.52. The Morgan fingerprint density at radius 3 is 2.82 bits per heavy atom. The van der Waals surface area contributed by atoms with Gasteiger partial charge in [-0.3, -0.25) is 5.11 Å². The smallest absolute Gasteiger partial charge is 0.236 e. The molecule has 11 heavy (non-hydrogen) atoms. The van der Waals surface area contributed by atoms with E-state index in [0.29, 0.717) is 16.5 Å². The molecule has 0 heterocycles. The molecular weight excluding hydrogens is 164 g/mol. The van der Waals surface area contributed by atoms with E-state index >= 15 is 0 Å². The molecule has 0 radical (unpaired) electrons. The number of hydrogen-bond acceptors (Lipinski definition) is 1. The highest BCUT2D eigenvalue weighted by Gasteiger charge is 2.03. The zero-order chi connectivity index (χ0) is 8.27. The van der Waals surface area contributed by atoms with Crippen molar-refractivity contribution in [3.63, 3.8) is 0 Å². The van der Waals surface area contributed by atoms with Gasteiger partial charge in [0, 0.05) is 11.1 Å². The van der Waals surface area contributed by atoms with Crippen LogP contribution in [0, 0.1) is 0 Å². The number of nitrogens with zero attached hydrogens (tertiary/aromatic N) is 1. The summed E-state index contributed by atoms with van der Waals surface area (Å²) in [6.07, 6.45) is 0. The van der Waals surface area contributed by atoms with Gasteiger partial charge in [0.15, 0.2) is 5.75 Å². The van der Waals surface area contributed by atoms with Crippen molar-refractivity contribution in [2.75, 3.05) is 7.11 Å². The summed E-state index contributed by atoms with van der Waals surface area (Å²) >= 11 is 5.65. The minimum Gasteiger partial charge on any atom is -0.502 e. The highest BCUT2D eigenvalue weighted by molar-refractivity contribution is 6.30. The minimum absolute atomic E-state index is 0.458. The van der Waals surface area contributed by atoms with Crippen molar-refractivity contribution in [3.8, 4) is 5.75 Å². The number of halogens is 1. The maximum Gasteiger partial charge on any atom is 0.236 e. The Kier molecular flexibility index (Phi) is 2.44. The van der Waals surface area contributed by atoms with Gasteiger partial charge in [-0.15, -0.1) is 0 Å². The van der Waals surface area contributed by atoms with E-state index in [9.17, 15) is 0 Å². The number of rotatable bonds is 2. The lowest BCUT2D eigenvalue weighted by atomic mass is 10.3. The van der Waals surface area contributed by atoms with Gasteiger partial charge in [-0.1, -0.05) is 11.6 Å². The molecule has 1 aromatic carbocycles. The number of ether oxygens (including phenoxy) is 1. The van der Waals surface area contributed by atoms with Crippen molar-refractivity contribution in [1.29, 1.82) is 0 Å². The number of nitrogens with one attached hydrogen (secondary N) is 1. The van der Waals surface area contributed by atoms with Crippen LogP contribution < -0.4 is 9.85 Å². The molecule has 1 rings (SSSR count). The normalized spacial score (nSPS) is 9.27. The van der Waals surface area contributed by atoms with Crippen LogP contribution in [0.3, 0.4) is 0 Å². The van der Waals surface area contributed by atoms with Crippen molar-refractivity contribution in [3.05, 3.63) is 28.8 Å². The molecular formula is C7H7ClN2O. The van der Waals surface area contributed by atoms with Crippen LogP contribution in [0.5, 0.6) is 5.75 Å². The van der Waals surface area contributed by atoms with E-state index in [0.717, 1.165) is 0 Å². The van der Waals surface area contributed by atoms with Crippen molar-refractivity contribution in [1.82, 2.24) is 0 Å². The molecule has 0 amide bonds. The highest BCUT2D eigenvalue weighted by Crippen LogP contribution is 2.22. The predicted molar refractivity (Wildman–Crippen MR) is 42.0 cm³/mol. The lowest BCUT2D eigenvalue weighted by molar-refractivity contribution is -0.380. The number of benzene rings is 1. The van der Waals surface area contributed by atoms with E-state index in [-0.39, 0.29) is 0 Å². The van der Waals surface area contributed by atoms with E-state index in [1.165, 1.54) is 7.11 Å². The Morgan fingerprint density at radius 2 is 2.27 bits per heavy atom. The SMILES string of the molecule is COc1ccc(Cl)cc1[NH+]=[N-]. The molecule has 0 bridgehead atoms. The third-order valence-electron chi connectivity index (χ3n) is 1.28. The summed E-state index contributed by atoms with van der Waals surface area (Å²) < 4.78 is 4.91. The quantitative estimate of drug-likeness (QED) is 0.664. The summed E-state index contributed by atoms with van der Waals surface area (Å²) in [4.78, 5) is 0. The van der Waals surface area contributed by atoms with Gasteiger partial charge < -0.3 is 10.3 Å². The van der Waals surface area contributed by atoms with Crippen LogP contribution >= 0.6 is 11.6 Å². The molecule has 58 valence electrons. The molecule has 0 unspecified atom stereocenters. The molecule has 0 saturated heterocycles. The van der Waals surface area contributed by atoms with Crippen molar-refractivity contribution in [2.45, 2.75) is 0 Å². The molecule has 0 atom stereocenters. The summed E-state index contributed by atoms with van der Waals surface area (Å²) in [7, 11) is 1.52. The van der Waals surface area contributed by atoms with Crippen LogP contribution in [-0.2, 0) is 0 Å². The van der Waals surface area contributed by atoms with E-state index < -0.39 is 0 Å². The summed E-state index contributed by atoms with van der Waals surface area (Å²) in [5.41, 5.74) is 9.04. The summed E-state index contributed by atoms with van der Waals surface area (Å²) in [5, 5.41) is 2.52. The van der Waals surface area contributed by atoms with Crippen molar-refractivity contribution >= 4 is 17.3 Å². The lowest BCUT2D eigenvalue weighted by Gasteiger charge is -1.99. The molecule has 0 aromatic heterocycles. The van der Waals surface area contributed by atoms with Gasteiger partial charge in [0.2, 0.25) is 5.69 Å². The Labute approximate surface area is 69.4 Å². The van der Waals surface area contributed by atoms with Gasteiger partial charge in [-0.2, -0.15) is 0 Å². The zero-order valence-electron chi connectivity index (χ0n) is 5.97. The summed E-state index contributed by atoms with van der Waals surface area (Å²) in [6.45, 7) is 0. The summed E-state index contributed by atoms with van der Waals surface area (Å²) in [5.74, 6) is 0.553. The average molecular weight is 171 g/mol. The fraction of sp³-hybridized carbons (Fsp3) is 0.143.